The Bertz CT molecular complexity index is 680. The Morgan fingerprint density at radius 1 is 1.30 bits per heavy atom. The van der Waals surface area contributed by atoms with Crippen LogP contribution in [0.2, 0.25) is 0 Å². The van der Waals surface area contributed by atoms with Gasteiger partial charge in [0.15, 0.2) is 0 Å². The summed E-state index contributed by atoms with van der Waals surface area (Å²) in [4.78, 5) is 19.2. The lowest BCUT2D eigenvalue weighted by Crippen LogP contribution is -2.49. The van der Waals surface area contributed by atoms with Crippen LogP contribution >= 0.6 is 23.1 Å². The van der Waals surface area contributed by atoms with E-state index in [1.165, 1.54) is 47.6 Å². The van der Waals surface area contributed by atoms with Crippen LogP contribution in [0.4, 0.5) is 5.13 Å². The van der Waals surface area contributed by atoms with Gasteiger partial charge in [-0.15, -0.1) is 5.10 Å². The average Bonchev–Trinajstić information content (AvgIpc) is 2.92. The molecular weight excluding hydrogens is 292 g/mol. The molecule has 0 amide bonds. The van der Waals surface area contributed by atoms with Gasteiger partial charge >= 0.3 is 0 Å². The summed E-state index contributed by atoms with van der Waals surface area (Å²) >= 11 is 3.64. The third-order valence-corrected chi connectivity index (χ3v) is 6.49. The first kappa shape index (κ1) is 12.6. The van der Waals surface area contributed by atoms with E-state index < -0.39 is 0 Å². The number of thioether (sulfide) groups is 1. The van der Waals surface area contributed by atoms with Crippen molar-refractivity contribution < 1.29 is 0 Å². The molecule has 0 aromatic carbocycles. The van der Waals surface area contributed by atoms with Crippen molar-refractivity contribution in [3.05, 3.63) is 22.6 Å². The van der Waals surface area contributed by atoms with E-state index in [2.05, 4.69) is 26.7 Å². The predicted molar refractivity (Wildman–Crippen MR) is 83.0 cm³/mol. The second-order valence-corrected chi connectivity index (χ2v) is 7.60. The number of fused-ring (bicyclic) bond motifs is 2. The van der Waals surface area contributed by atoms with E-state index >= 15 is 0 Å². The van der Waals surface area contributed by atoms with Crippen molar-refractivity contribution >= 4 is 33.2 Å². The Kier molecular flexibility index (Phi) is 3.18. The SMILES string of the molecule is O=c1ccnc2sc(N3CCS[C@@H]4CCCC[C@@H]43)nn12. The molecule has 2 aromatic heterocycles. The van der Waals surface area contributed by atoms with Crippen LogP contribution < -0.4 is 10.5 Å². The van der Waals surface area contributed by atoms with Crippen LogP contribution in [-0.4, -0.2) is 38.2 Å². The molecule has 3 heterocycles. The number of rotatable bonds is 1. The van der Waals surface area contributed by atoms with Gasteiger partial charge in [-0.05, 0) is 12.8 Å². The minimum atomic E-state index is -0.0934. The topological polar surface area (TPSA) is 50.5 Å². The molecule has 4 rings (SSSR count). The first-order chi connectivity index (χ1) is 9.83. The fraction of sp³-hybridized carbons (Fsp3) is 0.615. The van der Waals surface area contributed by atoms with Crippen molar-refractivity contribution in [1.82, 2.24) is 14.6 Å². The monoisotopic (exact) mass is 308 g/mol. The molecule has 7 heteroatoms. The highest BCUT2D eigenvalue weighted by atomic mass is 32.2. The predicted octanol–water partition coefficient (Wildman–Crippen LogP) is 2.02. The maximum atomic E-state index is 11.8. The minimum Gasteiger partial charge on any atom is -0.342 e. The molecule has 0 unspecified atom stereocenters. The summed E-state index contributed by atoms with van der Waals surface area (Å²) in [6.07, 6.45) is 6.78. The molecule has 2 atom stereocenters. The summed E-state index contributed by atoms with van der Waals surface area (Å²) in [6, 6.07) is 2.05. The van der Waals surface area contributed by atoms with Crippen LogP contribution in [0.1, 0.15) is 25.7 Å². The zero-order valence-corrected chi connectivity index (χ0v) is 12.7. The van der Waals surface area contributed by atoms with Crippen LogP contribution in [0.25, 0.3) is 4.96 Å². The minimum absolute atomic E-state index is 0.0934. The van der Waals surface area contributed by atoms with Gasteiger partial charge in [-0.25, -0.2) is 4.98 Å². The molecule has 0 radical (unpaired) electrons. The molecule has 106 valence electrons. The van der Waals surface area contributed by atoms with Gasteiger partial charge in [0.2, 0.25) is 10.1 Å². The largest absolute Gasteiger partial charge is 0.342 e. The molecule has 1 aliphatic carbocycles. The van der Waals surface area contributed by atoms with Crippen molar-refractivity contribution in [1.29, 1.82) is 0 Å². The number of aromatic nitrogens is 3. The molecule has 2 aliphatic rings. The smallest absolute Gasteiger partial charge is 0.275 e. The molecule has 1 aliphatic heterocycles. The quantitative estimate of drug-likeness (QED) is 0.806. The van der Waals surface area contributed by atoms with Crippen molar-refractivity contribution in [2.24, 2.45) is 0 Å². The van der Waals surface area contributed by atoms with Crippen molar-refractivity contribution in [2.75, 3.05) is 17.2 Å². The van der Waals surface area contributed by atoms with Gasteiger partial charge in [-0.2, -0.15) is 16.3 Å². The standard InChI is InChI=1S/C13H16N4OS2/c18-11-5-6-14-12-17(11)15-13(20-12)16-7-8-19-10-4-2-1-3-9(10)16/h5-6,9-10H,1-4,7-8H2/t9-,10+/m0/s1. The number of hydrogen-bond acceptors (Lipinski definition) is 6. The van der Waals surface area contributed by atoms with Crippen molar-refractivity contribution in [2.45, 2.75) is 37.0 Å². The molecule has 20 heavy (non-hydrogen) atoms. The van der Waals surface area contributed by atoms with Gasteiger partial charge < -0.3 is 4.90 Å². The third-order valence-electron chi connectivity index (χ3n) is 4.14. The van der Waals surface area contributed by atoms with Gasteiger partial charge in [0.25, 0.3) is 5.56 Å². The first-order valence-electron chi connectivity index (χ1n) is 7.06. The van der Waals surface area contributed by atoms with Gasteiger partial charge in [0.1, 0.15) is 0 Å². The molecule has 0 N–H and O–H groups in total. The maximum Gasteiger partial charge on any atom is 0.275 e. The molecule has 2 fully saturated rings. The lowest BCUT2D eigenvalue weighted by atomic mass is 9.93. The molecule has 0 bridgehead atoms. The highest BCUT2D eigenvalue weighted by molar-refractivity contribution is 8.00. The highest BCUT2D eigenvalue weighted by Gasteiger charge is 2.35. The number of hydrogen-bond donors (Lipinski definition) is 0. The van der Waals surface area contributed by atoms with E-state index in [1.54, 1.807) is 6.20 Å². The van der Waals surface area contributed by atoms with E-state index in [4.69, 9.17) is 0 Å². The third kappa shape index (κ3) is 2.03. The van der Waals surface area contributed by atoms with Crippen LogP contribution in [0.5, 0.6) is 0 Å². The Morgan fingerprint density at radius 2 is 2.20 bits per heavy atom. The summed E-state index contributed by atoms with van der Waals surface area (Å²) < 4.78 is 1.43. The molecule has 5 nitrogen and oxygen atoms in total. The molecular formula is C13H16N4OS2. The summed E-state index contributed by atoms with van der Waals surface area (Å²) in [5.74, 6) is 1.15. The molecule has 1 saturated heterocycles. The summed E-state index contributed by atoms with van der Waals surface area (Å²) in [6.45, 7) is 1.03. The molecule has 1 saturated carbocycles. The fourth-order valence-electron chi connectivity index (χ4n) is 3.18. The Labute approximate surface area is 125 Å². The van der Waals surface area contributed by atoms with Gasteiger partial charge in [-0.1, -0.05) is 24.2 Å². The van der Waals surface area contributed by atoms with Crippen LogP contribution in [0.15, 0.2) is 17.1 Å². The Balaban J connectivity index is 1.73. The van der Waals surface area contributed by atoms with E-state index in [-0.39, 0.29) is 5.56 Å². The number of nitrogens with zero attached hydrogens (tertiary/aromatic N) is 4. The summed E-state index contributed by atoms with van der Waals surface area (Å²) in [7, 11) is 0. The fourth-order valence-corrected chi connectivity index (χ4v) is 5.59. The second-order valence-electron chi connectivity index (χ2n) is 5.32. The summed E-state index contributed by atoms with van der Waals surface area (Å²) in [5.41, 5.74) is -0.0934. The van der Waals surface area contributed by atoms with E-state index in [0.29, 0.717) is 11.0 Å². The molecule has 2 aromatic rings. The summed E-state index contributed by atoms with van der Waals surface area (Å²) in [5, 5.41) is 6.19. The van der Waals surface area contributed by atoms with Gasteiger partial charge in [-0.3, -0.25) is 4.79 Å². The van der Waals surface area contributed by atoms with Crippen LogP contribution in [0, 0.1) is 0 Å². The van der Waals surface area contributed by atoms with Crippen LogP contribution in [-0.2, 0) is 0 Å². The first-order valence-corrected chi connectivity index (χ1v) is 8.92. The van der Waals surface area contributed by atoms with E-state index in [1.807, 2.05) is 0 Å². The van der Waals surface area contributed by atoms with Gasteiger partial charge in [0, 0.05) is 35.9 Å². The average molecular weight is 308 g/mol. The maximum absolute atomic E-state index is 11.8. The normalized spacial score (nSPS) is 26.7. The van der Waals surface area contributed by atoms with Gasteiger partial charge in [0.05, 0.1) is 0 Å². The lowest BCUT2D eigenvalue weighted by Gasteiger charge is -2.43. The number of anilines is 1. The Morgan fingerprint density at radius 3 is 3.10 bits per heavy atom. The second kappa shape index (κ2) is 5.04. The zero-order chi connectivity index (χ0) is 13.5. The van der Waals surface area contributed by atoms with Crippen LogP contribution in [0.3, 0.4) is 0 Å². The zero-order valence-electron chi connectivity index (χ0n) is 11.1. The van der Waals surface area contributed by atoms with E-state index in [0.717, 1.165) is 22.7 Å². The Hall–Kier alpha value is -1.08. The molecule has 0 spiro atoms. The lowest BCUT2D eigenvalue weighted by molar-refractivity contribution is 0.421. The van der Waals surface area contributed by atoms with Crippen molar-refractivity contribution in [3.63, 3.8) is 0 Å². The van der Waals surface area contributed by atoms with Crippen molar-refractivity contribution in [3.8, 4) is 0 Å². The highest BCUT2D eigenvalue weighted by Crippen LogP contribution is 2.38. The van der Waals surface area contributed by atoms with E-state index in [9.17, 15) is 4.79 Å².